The summed E-state index contributed by atoms with van der Waals surface area (Å²) in [4.78, 5) is -3.36. The number of halogens is 1. The molecule has 5 rings (SSSR count). The Kier molecular flexibility index (Phi) is 12.4. The third-order valence-electron chi connectivity index (χ3n) is 7.42. The average Bonchev–Trinajstić information content (AvgIpc) is 3.08. The zero-order valence-corrected chi connectivity index (χ0v) is 33.0. The van der Waals surface area contributed by atoms with Gasteiger partial charge in [0.25, 0.3) is 9.05 Å². The van der Waals surface area contributed by atoms with E-state index in [0.29, 0.717) is 5.56 Å². The maximum Gasteiger partial charge on any atom is 1.00 e. The molecular formula is C33H27ClLiNO12S5. The number of aryl methyl sites for hydroxylation is 2. The van der Waals surface area contributed by atoms with Crippen LogP contribution in [0.4, 0.5) is 0 Å². The van der Waals surface area contributed by atoms with Crippen molar-refractivity contribution in [3.05, 3.63) is 124 Å². The molecule has 0 aliphatic rings. The normalized spacial score (nSPS) is 12.5. The number of methoxy groups -OCH3 is 1. The average molecular weight is 832 g/mol. The SMILES string of the molecule is COc1ccc(S(=O)(=O)c2ccc(Oc3ccc(S(=O)(=O)c4ccc(C)cc4)cc3S(=O)(=O)[N-]S(=O)(=O)c3ccc(C)cc3)cc2)cc1S(=O)(=O)Cl.[Li+]. The molecule has 0 spiro atoms. The van der Waals surface area contributed by atoms with E-state index < -0.39 is 79.0 Å². The Balaban J connectivity index is 0.00000627. The fourth-order valence-corrected chi connectivity index (χ4v) is 11.2. The molecule has 0 aliphatic heterocycles. The van der Waals surface area contributed by atoms with Gasteiger partial charge in [0, 0.05) is 15.6 Å². The summed E-state index contributed by atoms with van der Waals surface area (Å²) in [7, 11) is -16.5. The van der Waals surface area contributed by atoms with Crippen LogP contribution in [0.25, 0.3) is 4.13 Å². The van der Waals surface area contributed by atoms with Crippen molar-refractivity contribution in [2.45, 2.75) is 48.1 Å². The van der Waals surface area contributed by atoms with E-state index in [4.69, 9.17) is 20.2 Å². The molecule has 0 bridgehead atoms. The molecule has 5 aromatic rings. The third-order valence-corrected chi connectivity index (χ3v) is 15.6. The molecule has 0 radical (unpaired) electrons. The second-order valence-corrected chi connectivity index (χ2v) is 20.9. The van der Waals surface area contributed by atoms with Crippen molar-refractivity contribution >= 4 is 59.5 Å². The van der Waals surface area contributed by atoms with Crippen LogP contribution in [0.2, 0.25) is 0 Å². The smallest absolute Gasteiger partial charge is 0.495 e. The molecule has 13 nitrogen and oxygen atoms in total. The van der Waals surface area contributed by atoms with Gasteiger partial charge in [-0.1, -0.05) is 35.4 Å². The Morgan fingerprint density at radius 3 is 1.34 bits per heavy atom. The molecule has 53 heavy (non-hydrogen) atoms. The van der Waals surface area contributed by atoms with Gasteiger partial charge in [0.05, 0.1) is 31.6 Å². The van der Waals surface area contributed by atoms with Crippen LogP contribution in [0.3, 0.4) is 0 Å². The number of rotatable bonds is 12. The molecule has 20 heteroatoms. The van der Waals surface area contributed by atoms with Gasteiger partial charge in [-0.3, -0.25) is 0 Å². The van der Waals surface area contributed by atoms with E-state index in [2.05, 4.69) is 4.13 Å². The van der Waals surface area contributed by atoms with Gasteiger partial charge in [0.15, 0.2) is 0 Å². The number of sulfonamides is 2. The van der Waals surface area contributed by atoms with E-state index in [1.165, 1.54) is 31.4 Å². The summed E-state index contributed by atoms with van der Waals surface area (Å²) in [5.74, 6) is -0.863. The molecule has 274 valence electrons. The first-order valence-electron chi connectivity index (χ1n) is 14.6. The van der Waals surface area contributed by atoms with Gasteiger partial charge in [0.2, 0.25) is 19.7 Å². The first-order valence-corrected chi connectivity index (χ1v) is 22.7. The first kappa shape index (κ1) is 42.0. The van der Waals surface area contributed by atoms with E-state index >= 15 is 0 Å². The Bertz CT molecular complexity index is 2740. The van der Waals surface area contributed by atoms with Crippen LogP contribution in [0, 0.1) is 13.8 Å². The van der Waals surface area contributed by atoms with Crippen LogP contribution in [0.5, 0.6) is 17.2 Å². The zero-order chi connectivity index (χ0) is 38.3. The number of benzene rings is 5. The van der Waals surface area contributed by atoms with E-state index in [1.54, 1.807) is 26.0 Å². The molecule has 0 aromatic heterocycles. The van der Waals surface area contributed by atoms with Gasteiger partial charge in [-0.05, 0) is 98.8 Å². The molecule has 0 saturated heterocycles. The molecule has 0 amide bonds. The van der Waals surface area contributed by atoms with Gasteiger partial charge in [-0.15, -0.1) is 0 Å². The molecule has 0 aliphatic carbocycles. The summed E-state index contributed by atoms with van der Waals surface area (Å²) < 4.78 is 145. The molecular weight excluding hydrogens is 805 g/mol. The Hall–Kier alpha value is -3.70. The standard InChI is InChI=1S/C33H27ClNO12S5.Li/c1-22-4-10-25(11-5-22)48(36,37)29-17-19-31(33(21-29)52(44,45)35-51(42,43)27-12-6-23(2)7-13-27)47-24-8-14-26(15-9-24)49(38,39)28-16-18-30(46-3)32(20-28)50(34,40)41;/h4-21H,1-3H3;/q-1;+1. The second-order valence-electron chi connectivity index (χ2n) is 11.1. The summed E-state index contributed by atoms with van der Waals surface area (Å²) in [6, 6.07) is 21.2. The summed E-state index contributed by atoms with van der Waals surface area (Å²) in [6.07, 6.45) is 0. The molecule has 0 fully saturated rings. The van der Waals surface area contributed by atoms with Crippen LogP contribution < -0.4 is 28.3 Å². The molecule has 0 atom stereocenters. The fraction of sp³-hybridized carbons (Fsp3) is 0.0909. The predicted octanol–water partition coefficient (Wildman–Crippen LogP) is 3.15. The van der Waals surface area contributed by atoms with Crippen LogP contribution >= 0.6 is 10.7 Å². The van der Waals surface area contributed by atoms with Crippen molar-refractivity contribution in [3.8, 4) is 17.2 Å². The largest absolute Gasteiger partial charge is 1.00 e. The van der Waals surface area contributed by atoms with Crippen molar-refractivity contribution in [1.82, 2.24) is 0 Å². The van der Waals surface area contributed by atoms with Crippen molar-refractivity contribution in [2.75, 3.05) is 7.11 Å². The van der Waals surface area contributed by atoms with Crippen LogP contribution in [0.15, 0.2) is 143 Å². The summed E-state index contributed by atoms with van der Waals surface area (Å²) in [5.41, 5.74) is 1.46. The summed E-state index contributed by atoms with van der Waals surface area (Å²) >= 11 is 0. The number of hydrogen-bond acceptors (Lipinski definition) is 12. The van der Waals surface area contributed by atoms with Crippen LogP contribution in [-0.2, 0) is 48.8 Å². The van der Waals surface area contributed by atoms with Gasteiger partial charge >= 0.3 is 18.9 Å². The predicted molar refractivity (Wildman–Crippen MR) is 190 cm³/mol. The van der Waals surface area contributed by atoms with Crippen molar-refractivity contribution < 1.29 is 70.4 Å². The number of ether oxygens (including phenoxy) is 2. The van der Waals surface area contributed by atoms with E-state index in [-0.39, 0.29) is 40.2 Å². The molecule has 0 saturated carbocycles. The summed E-state index contributed by atoms with van der Waals surface area (Å²) in [6.45, 7) is 3.44. The zero-order valence-electron chi connectivity index (χ0n) is 28.2. The van der Waals surface area contributed by atoms with Gasteiger partial charge in [-0.25, -0.2) is 42.1 Å². The first-order chi connectivity index (χ1) is 24.1. The summed E-state index contributed by atoms with van der Waals surface area (Å²) in [5, 5.41) is 0. The minimum absolute atomic E-state index is 0. The van der Waals surface area contributed by atoms with E-state index in [0.717, 1.165) is 78.4 Å². The second kappa shape index (κ2) is 15.6. The van der Waals surface area contributed by atoms with Crippen LogP contribution in [-0.4, -0.2) is 49.2 Å². The van der Waals surface area contributed by atoms with Crippen molar-refractivity contribution in [3.63, 3.8) is 0 Å². The number of nitrogens with zero attached hydrogens (tertiary/aromatic N) is 1. The van der Waals surface area contributed by atoms with Crippen molar-refractivity contribution in [1.29, 1.82) is 0 Å². The van der Waals surface area contributed by atoms with E-state index in [1.807, 2.05) is 0 Å². The quantitative estimate of drug-likeness (QED) is 0.132. The Morgan fingerprint density at radius 1 is 0.491 bits per heavy atom. The Morgan fingerprint density at radius 2 is 0.887 bits per heavy atom. The fourth-order valence-electron chi connectivity index (χ4n) is 4.68. The minimum atomic E-state index is -5.21. The maximum atomic E-state index is 13.7. The topological polar surface area (TPSA) is 203 Å². The number of sulfone groups is 2. The van der Waals surface area contributed by atoms with Crippen LogP contribution in [0.1, 0.15) is 11.1 Å². The van der Waals surface area contributed by atoms with Gasteiger partial charge in [-0.2, -0.15) is 0 Å². The van der Waals surface area contributed by atoms with E-state index in [9.17, 15) is 42.1 Å². The molecule has 0 N–H and O–H groups in total. The van der Waals surface area contributed by atoms with Crippen molar-refractivity contribution in [2.24, 2.45) is 0 Å². The Labute approximate surface area is 324 Å². The molecule has 0 heterocycles. The molecule has 5 aromatic carbocycles. The third kappa shape index (κ3) is 9.16. The monoisotopic (exact) mass is 831 g/mol. The van der Waals surface area contributed by atoms with Gasteiger partial charge < -0.3 is 13.6 Å². The number of hydrogen-bond donors (Lipinski definition) is 0. The maximum absolute atomic E-state index is 13.7. The van der Waals surface area contributed by atoms with Gasteiger partial charge in [0.1, 0.15) is 42.2 Å². The minimum Gasteiger partial charge on any atom is -0.495 e. The molecule has 0 unspecified atom stereocenters.